The van der Waals surface area contributed by atoms with Crippen LogP contribution in [-0.2, 0) is 9.53 Å². The molecule has 9 nitrogen and oxygen atoms in total. The quantitative estimate of drug-likeness (QED) is 0.371. The van der Waals surface area contributed by atoms with E-state index in [9.17, 15) is 9.18 Å². The maximum Gasteiger partial charge on any atom is 0.329 e. The summed E-state index contributed by atoms with van der Waals surface area (Å²) >= 11 is 0. The Bertz CT molecular complexity index is 1260. The van der Waals surface area contributed by atoms with Crippen molar-refractivity contribution in [2.45, 2.75) is 37.7 Å². The first-order chi connectivity index (χ1) is 16.0. The van der Waals surface area contributed by atoms with Gasteiger partial charge in [0, 0.05) is 5.69 Å². The van der Waals surface area contributed by atoms with Gasteiger partial charge < -0.3 is 24.6 Å². The molecule has 33 heavy (non-hydrogen) atoms. The van der Waals surface area contributed by atoms with Gasteiger partial charge in [0.25, 0.3) is 5.89 Å². The number of halogens is 1. The van der Waals surface area contributed by atoms with Crippen molar-refractivity contribution in [3.8, 4) is 11.7 Å². The molecule has 1 aliphatic rings. The number of ether oxygens (including phenoxy) is 1. The van der Waals surface area contributed by atoms with Gasteiger partial charge in [-0.1, -0.05) is 11.2 Å². The number of anilines is 2. The summed E-state index contributed by atoms with van der Waals surface area (Å²) in [5.74, 6) is -0.167. The SMILES string of the molecule is O=C(O)COC1CCC(c2ccc3[nH]c(-c4nnc(Nc5ccc(F)cc5)o4)nc3c2)CC1. The summed E-state index contributed by atoms with van der Waals surface area (Å²) in [6.45, 7) is -0.242. The second kappa shape index (κ2) is 8.99. The summed E-state index contributed by atoms with van der Waals surface area (Å²) < 4.78 is 24.1. The molecular weight excluding hydrogens is 429 g/mol. The molecule has 0 bridgehead atoms. The van der Waals surface area contributed by atoms with Crippen molar-refractivity contribution in [2.24, 2.45) is 0 Å². The van der Waals surface area contributed by atoms with Gasteiger partial charge in [-0.3, -0.25) is 0 Å². The predicted molar refractivity (Wildman–Crippen MR) is 118 cm³/mol. The second-order valence-corrected chi connectivity index (χ2v) is 8.08. The predicted octanol–water partition coefficient (Wildman–Crippen LogP) is 4.62. The molecule has 0 aliphatic heterocycles. The number of benzene rings is 2. The fourth-order valence-electron chi connectivity index (χ4n) is 4.16. The molecule has 10 heteroatoms. The number of rotatable bonds is 7. The molecule has 0 unspecified atom stereocenters. The normalized spacial score (nSPS) is 18.5. The van der Waals surface area contributed by atoms with Crippen LogP contribution < -0.4 is 5.32 Å². The van der Waals surface area contributed by atoms with E-state index in [0.29, 0.717) is 17.4 Å². The smallest absolute Gasteiger partial charge is 0.329 e. The van der Waals surface area contributed by atoms with Gasteiger partial charge in [-0.15, -0.1) is 5.10 Å². The largest absolute Gasteiger partial charge is 0.480 e. The lowest BCUT2D eigenvalue weighted by molar-refractivity contribution is -0.145. The maximum atomic E-state index is 13.1. The lowest BCUT2D eigenvalue weighted by Gasteiger charge is -2.28. The lowest BCUT2D eigenvalue weighted by atomic mass is 9.82. The molecule has 5 rings (SSSR count). The minimum absolute atomic E-state index is 0.00769. The number of hydrogen-bond acceptors (Lipinski definition) is 7. The molecule has 0 amide bonds. The van der Waals surface area contributed by atoms with E-state index in [2.05, 4.69) is 37.6 Å². The summed E-state index contributed by atoms with van der Waals surface area (Å²) in [6.07, 6.45) is 3.57. The van der Waals surface area contributed by atoms with Gasteiger partial charge in [0.15, 0.2) is 5.82 Å². The molecule has 1 saturated carbocycles. The van der Waals surface area contributed by atoms with E-state index in [0.717, 1.165) is 36.7 Å². The first kappa shape index (κ1) is 21.1. The molecule has 170 valence electrons. The number of carboxylic acid groups (broad SMARTS) is 1. The van der Waals surface area contributed by atoms with Gasteiger partial charge in [-0.25, -0.2) is 14.2 Å². The number of nitrogens with one attached hydrogen (secondary N) is 2. The molecule has 3 N–H and O–H groups in total. The molecule has 2 aromatic heterocycles. The Balaban J connectivity index is 1.27. The summed E-state index contributed by atoms with van der Waals surface area (Å²) in [4.78, 5) is 18.5. The molecule has 0 spiro atoms. The second-order valence-electron chi connectivity index (χ2n) is 8.08. The van der Waals surface area contributed by atoms with Gasteiger partial charge in [0.2, 0.25) is 0 Å². The minimum atomic E-state index is -0.934. The van der Waals surface area contributed by atoms with Crippen LogP contribution in [-0.4, -0.2) is 44.0 Å². The molecule has 4 aromatic rings. The fourth-order valence-corrected chi connectivity index (χ4v) is 4.16. The van der Waals surface area contributed by atoms with Gasteiger partial charge in [-0.2, -0.15) is 0 Å². The Labute approximate surface area is 188 Å². The number of imidazole rings is 1. The minimum Gasteiger partial charge on any atom is -0.480 e. The average Bonchev–Trinajstić information content (AvgIpc) is 3.46. The van der Waals surface area contributed by atoms with Crippen LogP contribution in [0.4, 0.5) is 16.1 Å². The molecule has 0 saturated heterocycles. The highest BCUT2D eigenvalue weighted by atomic mass is 19.1. The van der Waals surface area contributed by atoms with E-state index >= 15 is 0 Å². The topological polar surface area (TPSA) is 126 Å². The van der Waals surface area contributed by atoms with Gasteiger partial charge >= 0.3 is 12.0 Å². The van der Waals surface area contributed by atoms with Gasteiger partial charge in [0.05, 0.1) is 17.1 Å². The zero-order valence-corrected chi connectivity index (χ0v) is 17.6. The molecule has 2 aromatic carbocycles. The van der Waals surface area contributed by atoms with Crippen molar-refractivity contribution in [1.82, 2.24) is 20.2 Å². The molecule has 0 radical (unpaired) electrons. The van der Waals surface area contributed by atoms with Crippen molar-refractivity contribution in [2.75, 3.05) is 11.9 Å². The molecule has 1 fully saturated rings. The number of nitrogens with zero attached hydrogens (tertiary/aromatic N) is 3. The monoisotopic (exact) mass is 451 g/mol. The number of aromatic amines is 1. The Hall–Kier alpha value is -3.79. The summed E-state index contributed by atoms with van der Waals surface area (Å²) in [7, 11) is 0. The van der Waals surface area contributed by atoms with Crippen LogP contribution in [0.1, 0.15) is 37.2 Å². The standard InChI is InChI=1S/C23H22FN5O4/c24-15-4-6-16(7-5-15)25-23-29-28-22(33-23)21-26-18-10-3-14(11-19(18)27-21)13-1-8-17(9-2-13)32-12-20(30)31/h3-7,10-11,13,17H,1-2,8-9,12H2,(H,25,29)(H,26,27)(H,30,31). The first-order valence-corrected chi connectivity index (χ1v) is 10.7. The van der Waals surface area contributed by atoms with Crippen LogP contribution in [0.2, 0.25) is 0 Å². The van der Waals surface area contributed by atoms with Crippen molar-refractivity contribution in [3.05, 3.63) is 53.8 Å². The third kappa shape index (κ3) is 4.85. The number of hydrogen-bond donors (Lipinski definition) is 3. The first-order valence-electron chi connectivity index (χ1n) is 10.7. The van der Waals surface area contributed by atoms with E-state index in [1.807, 2.05) is 6.07 Å². The number of aliphatic carboxylic acids is 1. The van der Waals surface area contributed by atoms with Crippen LogP contribution in [0, 0.1) is 5.82 Å². The lowest BCUT2D eigenvalue weighted by Crippen LogP contribution is -2.23. The number of carbonyl (C=O) groups is 1. The third-order valence-corrected chi connectivity index (χ3v) is 5.82. The summed E-state index contributed by atoms with van der Waals surface area (Å²) in [6, 6.07) is 12.1. The van der Waals surface area contributed by atoms with Gasteiger partial charge in [-0.05, 0) is 73.6 Å². The molecule has 1 aliphatic carbocycles. The third-order valence-electron chi connectivity index (χ3n) is 5.82. The molecule has 0 atom stereocenters. The summed E-state index contributed by atoms with van der Waals surface area (Å²) in [5.41, 5.74) is 3.49. The summed E-state index contributed by atoms with van der Waals surface area (Å²) in [5, 5.41) is 19.7. The van der Waals surface area contributed by atoms with Crippen molar-refractivity contribution < 1.29 is 23.4 Å². The maximum absolute atomic E-state index is 13.1. The van der Waals surface area contributed by atoms with E-state index < -0.39 is 5.97 Å². The van der Waals surface area contributed by atoms with Crippen LogP contribution in [0.3, 0.4) is 0 Å². The van der Waals surface area contributed by atoms with Crippen LogP contribution >= 0.6 is 0 Å². The Morgan fingerprint density at radius 1 is 1.15 bits per heavy atom. The van der Waals surface area contributed by atoms with E-state index in [1.54, 1.807) is 12.1 Å². The van der Waals surface area contributed by atoms with Crippen molar-refractivity contribution in [1.29, 1.82) is 0 Å². The van der Waals surface area contributed by atoms with Crippen molar-refractivity contribution >= 4 is 28.7 Å². The molecular formula is C23H22FN5O4. The van der Waals surface area contributed by atoms with Crippen LogP contribution in [0.25, 0.3) is 22.7 Å². The van der Waals surface area contributed by atoms with Gasteiger partial charge in [0.1, 0.15) is 12.4 Å². The van der Waals surface area contributed by atoms with E-state index in [-0.39, 0.29) is 30.4 Å². The highest BCUT2D eigenvalue weighted by molar-refractivity contribution is 5.79. The Morgan fingerprint density at radius 3 is 2.70 bits per heavy atom. The Morgan fingerprint density at radius 2 is 1.94 bits per heavy atom. The highest BCUT2D eigenvalue weighted by Crippen LogP contribution is 2.35. The Kier molecular flexibility index (Phi) is 5.74. The van der Waals surface area contributed by atoms with E-state index in [1.165, 1.54) is 17.7 Å². The number of carboxylic acids is 1. The van der Waals surface area contributed by atoms with Crippen LogP contribution in [0.15, 0.2) is 46.9 Å². The highest BCUT2D eigenvalue weighted by Gasteiger charge is 2.24. The van der Waals surface area contributed by atoms with Crippen molar-refractivity contribution in [3.63, 3.8) is 0 Å². The number of fused-ring (bicyclic) bond motifs is 1. The number of aromatic nitrogens is 4. The fraction of sp³-hybridized carbons (Fsp3) is 0.304. The molecule has 2 heterocycles. The average molecular weight is 451 g/mol. The van der Waals surface area contributed by atoms with Crippen LogP contribution in [0.5, 0.6) is 0 Å². The van der Waals surface area contributed by atoms with E-state index in [4.69, 9.17) is 14.3 Å². The zero-order valence-electron chi connectivity index (χ0n) is 17.6. The number of H-pyrrole nitrogens is 1. The zero-order chi connectivity index (χ0) is 22.8.